The summed E-state index contributed by atoms with van der Waals surface area (Å²) in [5.41, 5.74) is -2.80. The average Bonchev–Trinajstić information content (AvgIpc) is 2.76. The number of hydrogen-bond acceptors (Lipinski definition) is 6. The van der Waals surface area contributed by atoms with E-state index in [9.17, 15) is 31.2 Å². The number of carbonyl (C=O) groups is 2. The summed E-state index contributed by atoms with van der Waals surface area (Å²) < 4.78 is 78.0. The molecule has 9 nitrogen and oxygen atoms in total. The molecule has 0 spiro atoms. The molecule has 2 aromatic carbocycles. The van der Waals surface area contributed by atoms with Gasteiger partial charge in [0.05, 0.1) is 17.1 Å². The van der Waals surface area contributed by atoms with Gasteiger partial charge in [-0.05, 0) is 56.7 Å². The zero-order chi connectivity index (χ0) is 26.9. The van der Waals surface area contributed by atoms with Crippen LogP contribution in [-0.2, 0) is 19.6 Å². The number of amides is 1. The van der Waals surface area contributed by atoms with Gasteiger partial charge in [-0.15, -0.1) is 0 Å². The van der Waals surface area contributed by atoms with Crippen LogP contribution >= 0.6 is 15.9 Å². The fourth-order valence-electron chi connectivity index (χ4n) is 3.24. The van der Waals surface area contributed by atoms with Crippen molar-refractivity contribution >= 4 is 49.4 Å². The Morgan fingerprint density at radius 2 is 1.92 bits per heavy atom. The molecule has 2 N–H and O–H groups in total. The molecule has 3 rings (SSSR count). The van der Waals surface area contributed by atoms with Crippen molar-refractivity contribution in [2.45, 2.75) is 49.5 Å². The number of anilines is 2. The highest BCUT2D eigenvalue weighted by Crippen LogP contribution is 2.40. The fraction of sp³-hybridized carbons (Fsp3) is 0.364. The molecule has 1 unspecified atom stereocenters. The Bertz CT molecular complexity index is 1270. The van der Waals surface area contributed by atoms with E-state index in [0.717, 1.165) is 4.31 Å². The topological polar surface area (TPSA) is 122 Å². The molecule has 1 aliphatic rings. The summed E-state index contributed by atoms with van der Waals surface area (Å²) in [6.07, 6.45) is -7.22. The minimum atomic E-state index is -4.81. The number of nitrogens with one attached hydrogen (secondary N) is 1. The molecule has 0 aromatic heterocycles. The molecule has 0 bridgehead atoms. The lowest BCUT2D eigenvalue weighted by molar-refractivity contribution is -0.242. The monoisotopic (exact) mass is 594 g/mol. The number of benzene rings is 2. The summed E-state index contributed by atoms with van der Waals surface area (Å²) in [4.78, 5) is 23.1. The molecule has 0 saturated heterocycles. The number of aliphatic carboxylic acids is 1. The number of hydrogen-bond donors (Lipinski definition) is 2. The highest BCUT2D eigenvalue weighted by atomic mass is 79.9. The van der Waals surface area contributed by atoms with Crippen molar-refractivity contribution in [3.8, 4) is 5.75 Å². The van der Waals surface area contributed by atoms with E-state index in [-0.39, 0.29) is 41.4 Å². The molecule has 1 aliphatic heterocycles. The Balaban J connectivity index is 1.96. The first-order chi connectivity index (χ1) is 16.6. The third kappa shape index (κ3) is 6.22. The molecule has 14 heteroatoms. The summed E-state index contributed by atoms with van der Waals surface area (Å²) in [6.45, 7) is 1.15. The molecule has 1 atom stereocenters. The van der Waals surface area contributed by atoms with E-state index in [0.29, 0.717) is 18.3 Å². The number of halogens is 4. The Morgan fingerprint density at radius 1 is 1.22 bits per heavy atom. The molecule has 196 valence electrons. The van der Waals surface area contributed by atoms with E-state index in [2.05, 4.69) is 26.0 Å². The second kappa shape index (κ2) is 10.2. The molecule has 0 aliphatic carbocycles. The molecule has 0 saturated carbocycles. The van der Waals surface area contributed by atoms with Crippen LogP contribution in [0.2, 0.25) is 0 Å². The van der Waals surface area contributed by atoms with Crippen LogP contribution in [0.5, 0.6) is 5.75 Å². The van der Waals surface area contributed by atoms with Crippen LogP contribution < -0.4 is 14.4 Å². The van der Waals surface area contributed by atoms with Crippen LogP contribution in [0.3, 0.4) is 0 Å². The first-order valence-electron chi connectivity index (χ1n) is 10.5. The van der Waals surface area contributed by atoms with Gasteiger partial charge >= 0.3 is 18.2 Å². The molecular weight excluding hydrogens is 573 g/mol. The van der Waals surface area contributed by atoms with Gasteiger partial charge in [0, 0.05) is 16.6 Å². The lowest BCUT2D eigenvalue weighted by Crippen LogP contribution is -2.44. The molecule has 2 aromatic rings. The summed E-state index contributed by atoms with van der Waals surface area (Å²) in [5.74, 6) is -0.990. The number of carbonyl (C=O) groups excluding carboxylic acids is 1. The van der Waals surface area contributed by atoms with Crippen molar-refractivity contribution in [3.63, 3.8) is 0 Å². The Hall–Kier alpha value is -3.00. The largest absolute Gasteiger partial charge is 0.486 e. The summed E-state index contributed by atoms with van der Waals surface area (Å²) in [5, 5.41) is 11.2. The van der Waals surface area contributed by atoms with E-state index in [1.165, 1.54) is 36.4 Å². The van der Waals surface area contributed by atoms with Crippen LogP contribution in [0.1, 0.15) is 26.7 Å². The fourth-order valence-corrected chi connectivity index (χ4v) is 5.34. The van der Waals surface area contributed by atoms with E-state index in [4.69, 9.17) is 9.84 Å². The summed E-state index contributed by atoms with van der Waals surface area (Å²) >= 11 is 3.23. The molecule has 1 amide bonds. The van der Waals surface area contributed by atoms with Gasteiger partial charge < -0.3 is 14.6 Å². The van der Waals surface area contributed by atoms with Gasteiger partial charge in [0.2, 0.25) is 5.60 Å². The number of rotatable bonds is 7. The van der Waals surface area contributed by atoms with E-state index in [1.807, 2.05) is 0 Å². The van der Waals surface area contributed by atoms with Crippen LogP contribution in [0.4, 0.5) is 29.3 Å². The number of alkyl halides is 3. The highest BCUT2D eigenvalue weighted by Gasteiger charge is 2.51. The van der Waals surface area contributed by atoms with Crippen molar-refractivity contribution in [2.24, 2.45) is 0 Å². The van der Waals surface area contributed by atoms with Crippen LogP contribution in [0.15, 0.2) is 51.8 Å². The molecule has 0 radical (unpaired) electrons. The minimum absolute atomic E-state index is 0.00873. The summed E-state index contributed by atoms with van der Waals surface area (Å²) in [7, 11) is -4.18. The van der Waals surface area contributed by atoms with Crippen LogP contribution in [-0.4, -0.2) is 50.0 Å². The quantitative estimate of drug-likeness (QED) is 0.454. The maximum absolute atomic E-state index is 13.5. The third-order valence-corrected chi connectivity index (χ3v) is 7.50. The van der Waals surface area contributed by atoms with Crippen molar-refractivity contribution in [1.29, 1.82) is 0 Å². The Labute approximate surface area is 213 Å². The number of carboxylic acids is 1. The zero-order valence-corrected chi connectivity index (χ0v) is 21.4. The van der Waals surface area contributed by atoms with E-state index >= 15 is 0 Å². The number of nitrogens with zero attached hydrogens (tertiary/aromatic N) is 1. The Kier molecular flexibility index (Phi) is 7.79. The smallest absolute Gasteiger partial charge is 0.427 e. The van der Waals surface area contributed by atoms with Crippen molar-refractivity contribution in [2.75, 3.05) is 16.2 Å². The summed E-state index contributed by atoms with van der Waals surface area (Å²) in [6, 6.07) is 9.77. The van der Waals surface area contributed by atoms with Gasteiger partial charge in [-0.3, -0.25) is 14.4 Å². The second-order valence-electron chi connectivity index (χ2n) is 8.37. The zero-order valence-electron chi connectivity index (χ0n) is 19.0. The predicted octanol–water partition coefficient (Wildman–Crippen LogP) is 5.16. The average molecular weight is 595 g/mol. The SMILES string of the molecule is CC(C)(OC(=O)Nc1ccc2c(c1)N(S(=O)(=O)c1cccc(Br)c1)CC(CCC(=O)O)O2)C(F)(F)F. The predicted molar refractivity (Wildman–Crippen MR) is 127 cm³/mol. The van der Waals surface area contributed by atoms with Crippen LogP contribution in [0.25, 0.3) is 0 Å². The number of carboxylic acid groups (broad SMARTS) is 1. The minimum Gasteiger partial charge on any atom is -0.486 e. The normalized spacial score (nSPS) is 16.1. The third-order valence-electron chi connectivity index (χ3n) is 5.23. The number of ether oxygens (including phenoxy) is 2. The van der Waals surface area contributed by atoms with Crippen LogP contribution in [0, 0.1) is 0 Å². The highest BCUT2D eigenvalue weighted by molar-refractivity contribution is 9.10. The van der Waals surface area contributed by atoms with Crippen molar-refractivity contribution < 1.29 is 45.8 Å². The molecule has 36 heavy (non-hydrogen) atoms. The number of fused-ring (bicyclic) bond motifs is 1. The second-order valence-corrected chi connectivity index (χ2v) is 11.1. The lowest BCUT2D eigenvalue weighted by Gasteiger charge is -2.35. The van der Waals surface area contributed by atoms with Gasteiger partial charge in [0.15, 0.2) is 0 Å². The maximum Gasteiger partial charge on any atom is 0.427 e. The number of sulfonamides is 1. The van der Waals surface area contributed by atoms with Gasteiger partial charge in [-0.2, -0.15) is 13.2 Å². The van der Waals surface area contributed by atoms with Gasteiger partial charge in [-0.1, -0.05) is 22.0 Å². The maximum atomic E-state index is 13.5. The Morgan fingerprint density at radius 3 is 2.53 bits per heavy atom. The van der Waals surface area contributed by atoms with Crippen molar-refractivity contribution in [1.82, 2.24) is 0 Å². The van der Waals surface area contributed by atoms with E-state index in [1.54, 1.807) is 6.07 Å². The first-order valence-corrected chi connectivity index (χ1v) is 12.7. The van der Waals surface area contributed by atoms with Gasteiger partial charge in [0.25, 0.3) is 10.0 Å². The van der Waals surface area contributed by atoms with Crippen molar-refractivity contribution in [3.05, 3.63) is 46.9 Å². The first kappa shape index (κ1) is 27.6. The van der Waals surface area contributed by atoms with Gasteiger partial charge in [0.1, 0.15) is 11.9 Å². The molecule has 0 fully saturated rings. The van der Waals surface area contributed by atoms with Gasteiger partial charge in [-0.25, -0.2) is 13.2 Å². The lowest BCUT2D eigenvalue weighted by atomic mass is 10.1. The van der Waals surface area contributed by atoms with E-state index < -0.39 is 40.0 Å². The molecular formula is C22H22BrF3N2O7S. The standard InChI is InChI=1S/C22H22BrF3N2O7S/c1-21(2,22(24,25)26)35-20(31)27-14-6-8-18-17(11-14)28(12-15(34-18)7-9-19(29)30)36(32,33)16-5-3-4-13(23)10-16/h3-6,8,10-11,15H,7,9,12H2,1-2H3,(H,27,31)(H,29,30). The molecule has 1 heterocycles.